The lowest BCUT2D eigenvalue weighted by Crippen LogP contribution is -2.20. The predicted molar refractivity (Wildman–Crippen MR) is 76.3 cm³/mol. The number of halogens is 1. The van der Waals surface area contributed by atoms with Crippen LogP contribution >= 0.6 is 15.9 Å². The minimum Gasteiger partial charge on any atom is -0.326 e. The topological polar surface area (TPSA) is 29.1 Å². The van der Waals surface area contributed by atoms with E-state index in [1.54, 1.807) is 0 Å². The van der Waals surface area contributed by atoms with E-state index in [1.165, 1.54) is 25.7 Å². The van der Waals surface area contributed by atoms with Crippen molar-refractivity contribution in [2.24, 2.45) is 17.8 Å². The van der Waals surface area contributed by atoms with E-state index in [9.17, 15) is 4.79 Å². The Bertz CT molecular complexity index is 442. The summed E-state index contributed by atoms with van der Waals surface area (Å²) in [4.78, 5) is 12.0. The van der Waals surface area contributed by atoms with Gasteiger partial charge in [-0.15, -0.1) is 0 Å². The van der Waals surface area contributed by atoms with Crippen molar-refractivity contribution in [1.82, 2.24) is 0 Å². The van der Waals surface area contributed by atoms with Crippen molar-refractivity contribution in [3.8, 4) is 0 Å². The molecule has 0 saturated heterocycles. The van der Waals surface area contributed by atoms with E-state index in [0.717, 1.165) is 22.0 Å². The number of nitrogens with one attached hydrogen (secondary N) is 1. The van der Waals surface area contributed by atoms with Gasteiger partial charge >= 0.3 is 0 Å². The monoisotopic (exact) mass is 307 g/mol. The molecule has 2 bridgehead atoms. The first-order valence-electron chi connectivity index (χ1n) is 6.76. The van der Waals surface area contributed by atoms with E-state index >= 15 is 0 Å². The first kappa shape index (κ1) is 12.2. The third-order valence-electron chi connectivity index (χ3n) is 4.46. The van der Waals surface area contributed by atoms with Crippen LogP contribution in [0.4, 0.5) is 5.69 Å². The second-order valence-corrected chi connectivity index (χ2v) is 6.61. The van der Waals surface area contributed by atoms with Crippen LogP contribution in [0.5, 0.6) is 0 Å². The van der Waals surface area contributed by atoms with Gasteiger partial charge in [-0.25, -0.2) is 0 Å². The van der Waals surface area contributed by atoms with Crippen molar-refractivity contribution in [2.75, 3.05) is 5.32 Å². The summed E-state index contributed by atoms with van der Waals surface area (Å²) in [7, 11) is 0. The lowest BCUT2D eigenvalue weighted by atomic mass is 9.86. The molecule has 3 heteroatoms. The first-order chi connectivity index (χ1) is 8.70. The van der Waals surface area contributed by atoms with Gasteiger partial charge in [-0.3, -0.25) is 4.79 Å². The molecule has 0 aromatic heterocycles. The van der Waals surface area contributed by atoms with Crippen LogP contribution in [0, 0.1) is 17.8 Å². The number of amides is 1. The first-order valence-corrected chi connectivity index (χ1v) is 7.55. The molecule has 3 atom stereocenters. The predicted octanol–water partition coefficient (Wildman–Crippen LogP) is 4.21. The number of fused-ring (bicyclic) bond motifs is 2. The molecule has 0 heterocycles. The Morgan fingerprint density at radius 3 is 2.61 bits per heavy atom. The molecule has 2 nitrogen and oxygen atoms in total. The summed E-state index contributed by atoms with van der Waals surface area (Å²) in [5.74, 6) is 2.56. The molecule has 2 fully saturated rings. The summed E-state index contributed by atoms with van der Waals surface area (Å²) in [6.07, 6.45) is 6.10. The van der Waals surface area contributed by atoms with Crippen LogP contribution in [0.2, 0.25) is 0 Å². The number of benzene rings is 1. The third kappa shape index (κ3) is 2.61. The number of anilines is 1. The molecule has 18 heavy (non-hydrogen) atoms. The van der Waals surface area contributed by atoms with E-state index in [0.29, 0.717) is 12.3 Å². The standard InChI is InChI=1S/C15H18BrNO/c16-13-3-5-14(6-4-13)17-15(18)9-12-8-10-1-2-11(12)7-10/h3-6,10-12H,1-2,7-9H2,(H,17,18). The quantitative estimate of drug-likeness (QED) is 0.890. The zero-order valence-electron chi connectivity index (χ0n) is 10.4. The van der Waals surface area contributed by atoms with Gasteiger partial charge in [0.1, 0.15) is 0 Å². The van der Waals surface area contributed by atoms with Crippen LogP contribution < -0.4 is 5.32 Å². The maximum atomic E-state index is 12.0. The largest absolute Gasteiger partial charge is 0.326 e. The summed E-state index contributed by atoms with van der Waals surface area (Å²) in [5, 5.41) is 3.00. The van der Waals surface area contributed by atoms with Gasteiger partial charge in [0, 0.05) is 16.6 Å². The van der Waals surface area contributed by atoms with E-state index in [1.807, 2.05) is 24.3 Å². The van der Waals surface area contributed by atoms with E-state index in [4.69, 9.17) is 0 Å². The van der Waals surface area contributed by atoms with Crippen molar-refractivity contribution in [3.05, 3.63) is 28.7 Å². The van der Waals surface area contributed by atoms with Crippen LogP contribution in [0.1, 0.15) is 32.1 Å². The molecule has 1 aromatic rings. The average molecular weight is 308 g/mol. The number of carbonyl (C=O) groups excluding carboxylic acids is 1. The van der Waals surface area contributed by atoms with Crippen LogP contribution in [-0.4, -0.2) is 5.91 Å². The lowest BCUT2D eigenvalue weighted by molar-refractivity contribution is -0.117. The smallest absolute Gasteiger partial charge is 0.224 e. The molecule has 0 aliphatic heterocycles. The Kier molecular flexibility index (Phi) is 3.42. The molecule has 2 aliphatic rings. The highest BCUT2D eigenvalue weighted by Gasteiger charge is 2.40. The number of hydrogen-bond donors (Lipinski definition) is 1. The minimum atomic E-state index is 0.176. The van der Waals surface area contributed by atoms with Crippen molar-refractivity contribution in [1.29, 1.82) is 0 Å². The fraction of sp³-hybridized carbons (Fsp3) is 0.533. The van der Waals surface area contributed by atoms with Gasteiger partial charge in [-0.05, 0) is 61.3 Å². The highest BCUT2D eigenvalue weighted by atomic mass is 79.9. The summed E-state index contributed by atoms with van der Waals surface area (Å²) in [6.45, 7) is 0. The maximum Gasteiger partial charge on any atom is 0.224 e. The Morgan fingerprint density at radius 2 is 2.00 bits per heavy atom. The molecule has 1 N–H and O–H groups in total. The molecule has 1 amide bonds. The molecule has 2 aliphatic carbocycles. The van der Waals surface area contributed by atoms with Crippen molar-refractivity contribution in [3.63, 3.8) is 0 Å². The van der Waals surface area contributed by atoms with Crippen molar-refractivity contribution in [2.45, 2.75) is 32.1 Å². The van der Waals surface area contributed by atoms with Crippen molar-refractivity contribution < 1.29 is 4.79 Å². The van der Waals surface area contributed by atoms with Crippen LogP contribution in [0.3, 0.4) is 0 Å². The van der Waals surface area contributed by atoms with E-state index in [-0.39, 0.29) is 5.91 Å². The Morgan fingerprint density at radius 1 is 1.22 bits per heavy atom. The zero-order chi connectivity index (χ0) is 12.5. The highest BCUT2D eigenvalue weighted by Crippen LogP contribution is 2.49. The molecule has 3 unspecified atom stereocenters. The van der Waals surface area contributed by atoms with Gasteiger partial charge in [0.15, 0.2) is 0 Å². The molecule has 0 spiro atoms. The van der Waals surface area contributed by atoms with Gasteiger partial charge in [0.2, 0.25) is 5.91 Å². The van der Waals surface area contributed by atoms with Crippen LogP contribution in [-0.2, 0) is 4.79 Å². The van der Waals surface area contributed by atoms with Gasteiger partial charge in [-0.2, -0.15) is 0 Å². The number of carbonyl (C=O) groups is 1. The zero-order valence-corrected chi connectivity index (χ0v) is 11.9. The molecule has 96 valence electrons. The molecule has 0 radical (unpaired) electrons. The summed E-state index contributed by atoms with van der Waals surface area (Å²) < 4.78 is 1.04. The molecular weight excluding hydrogens is 290 g/mol. The molecule has 2 saturated carbocycles. The normalized spacial score (nSPS) is 29.5. The highest BCUT2D eigenvalue weighted by molar-refractivity contribution is 9.10. The lowest BCUT2D eigenvalue weighted by Gasteiger charge is -2.20. The Hall–Kier alpha value is -0.830. The summed E-state index contributed by atoms with van der Waals surface area (Å²) >= 11 is 3.39. The third-order valence-corrected chi connectivity index (χ3v) is 4.99. The Labute approximate surface area is 116 Å². The minimum absolute atomic E-state index is 0.176. The molecule has 1 aromatic carbocycles. The van der Waals surface area contributed by atoms with Crippen LogP contribution in [0.25, 0.3) is 0 Å². The summed E-state index contributed by atoms with van der Waals surface area (Å²) in [6, 6.07) is 7.77. The fourth-order valence-electron chi connectivity index (χ4n) is 3.61. The fourth-order valence-corrected chi connectivity index (χ4v) is 3.87. The van der Waals surface area contributed by atoms with Crippen molar-refractivity contribution >= 4 is 27.5 Å². The second kappa shape index (κ2) is 5.04. The SMILES string of the molecule is O=C(CC1CC2CCC1C2)Nc1ccc(Br)cc1. The van der Waals surface area contributed by atoms with Gasteiger partial charge < -0.3 is 5.32 Å². The molecule has 3 rings (SSSR count). The summed E-state index contributed by atoms with van der Waals surface area (Å²) in [5.41, 5.74) is 0.895. The second-order valence-electron chi connectivity index (χ2n) is 5.69. The van der Waals surface area contributed by atoms with Gasteiger partial charge in [0.05, 0.1) is 0 Å². The van der Waals surface area contributed by atoms with E-state index in [2.05, 4.69) is 21.2 Å². The average Bonchev–Trinajstić information content (AvgIpc) is 2.94. The van der Waals surface area contributed by atoms with Crippen LogP contribution in [0.15, 0.2) is 28.7 Å². The Balaban J connectivity index is 1.54. The molecular formula is C15H18BrNO. The van der Waals surface area contributed by atoms with E-state index < -0.39 is 0 Å². The van der Waals surface area contributed by atoms with Gasteiger partial charge in [0.25, 0.3) is 0 Å². The number of rotatable bonds is 3. The maximum absolute atomic E-state index is 12.0. The number of hydrogen-bond acceptors (Lipinski definition) is 1. The van der Waals surface area contributed by atoms with Gasteiger partial charge in [-0.1, -0.05) is 22.4 Å².